The first-order valence-electron chi connectivity index (χ1n) is 4.30. The van der Waals surface area contributed by atoms with Crippen LogP contribution >= 0.6 is 0 Å². The summed E-state index contributed by atoms with van der Waals surface area (Å²) < 4.78 is 29.7. The predicted molar refractivity (Wildman–Crippen MR) is 50.1 cm³/mol. The lowest BCUT2D eigenvalue weighted by atomic mass is 10.1. The maximum atomic E-state index is 12.7. The van der Waals surface area contributed by atoms with E-state index >= 15 is 0 Å². The zero-order valence-corrected chi connectivity index (χ0v) is 8.41. The van der Waals surface area contributed by atoms with Crippen LogP contribution < -0.4 is 5.73 Å². The number of halogens is 2. The largest absolute Gasteiger partial charge is 0.506 e. The first-order chi connectivity index (χ1) is 7.52. The fourth-order valence-electron chi connectivity index (χ4n) is 1.26. The van der Waals surface area contributed by atoms with Crippen LogP contribution in [0.5, 0.6) is 5.75 Å². The van der Waals surface area contributed by atoms with Crippen molar-refractivity contribution < 1.29 is 23.4 Å². The summed E-state index contributed by atoms with van der Waals surface area (Å²) in [6, 6.07) is 0. The van der Waals surface area contributed by atoms with E-state index in [-0.39, 0.29) is 12.2 Å². The molecule has 7 heteroatoms. The summed E-state index contributed by atoms with van der Waals surface area (Å²) in [5, 5.41) is 9.24. The normalized spacial score (nSPS) is 10.6. The zero-order valence-electron chi connectivity index (χ0n) is 8.41. The number of carbonyl (C=O) groups excluding carboxylic acids is 1. The fraction of sp³-hybridized carbons (Fsp3) is 0.333. The maximum Gasteiger partial charge on any atom is 0.340 e. The van der Waals surface area contributed by atoms with Gasteiger partial charge in [-0.3, -0.25) is 4.98 Å². The molecule has 16 heavy (non-hydrogen) atoms. The molecule has 0 fully saturated rings. The molecule has 1 aromatic heterocycles. The van der Waals surface area contributed by atoms with E-state index in [2.05, 4.69) is 9.72 Å². The lowest BCUT2D eigenvalue weighted by molar-refractivity contribution is 0.0585. The van der Waals surface area contributed by atoms with Crippen molar-refractivity contribution in [3.8, 4) is 5.75 Å². The van der Waals surface area contributed by atoms with Crippen molar-refractivity contribution in [1.29, 1.82) is 0 Å². The van der Waals surface area contributed by atoms with Gasteiger partial charge in [-0.05, 0) is 0 Å². The van der Waals surface area contributed by atoms with Crippen molar-refractivity contribution in [2.24, 2.45) is 5.73 Å². The van der Waals surface area contributed by atoms with Crippen LogP contribution in [0.3, 0.4) is 0 Å². The Balaban J connectivity index is 3.48. The summed E-state index contributed by atoms with van der Waals surface area (Å²) >= 11 is 0. The van der Waals surface area contributed by atoms with E-state index in [1.54, 1.807) is 0 Å². The van der Waals surface area contributed by atoms with Crippen LogP contribution in [0.25, 0.3) is 0 Å². The van der Waals surface area contributed by atoms with Crippen molar-refractivity contribution >= 4 is 5.97 Å². The van der Waals surface area contributed by atoms with Gasteiger partial charge in [0.25, 0.3) is 6.43 Å². The van der Waals surface area contributed by atoms with Crippen molar-refractivity contribution in [2.45, 2.75) is 13.0 Å². The second-order valence-corrected chi connectivity index (χ2v) is 2.88. The summed E-state index contributed by atoms with van der Waals surface area (Å²) in [7, 11) is 1.04. The molecule has 0 spiro atoms. The highest BCUT2D eigenvalue weighted by atomic mass is 19.3. The molecule has 0 atom stereocenters. The molecule has 0 aromatic carbocycles. The summed E-state index contributed by atoms with van der Waals surface area (Å²) in [4.78, 5) is 14.9. The van der Waals surface area contributed by atoms with E-state index in [1.807, 2.05) is 0 Å². The topological polar surface area (TPSA) is 85.4 Å². The Bertz CT molecular complexity index is 410. The monoisotopic (exact) mass is 232 g/mol. The molecule has 0 unspecified atom stereocenters. The number of carbonyl (C=O) groups is 1. The molecule has 5 nitrogen and oxygen atoms in total. The summed E-state index contributed by atoms with van der Waals surface area (Å²) in [6.07, 6.45) is -2.18. The molecule has 0 aliphatic heterocycles. The van der Waals surface area contributed by atoms with Crippen molar-refractivity contribution in [3.63, 3.8) is 0 Å². The third kappa shape index (κ3) is 2.08. The Morgan fingerprint density at radius 2 is 2.31 bits per heavy atom. The number of esters is 1. The van der Waals surface area contributed by atoms with Crippen molar-refractivity contribution in [3.05, 3.63) is 23.0 Å². The molecule has 3 N–H and O–H groups in total. The SMILES string of the molecule is COC(=O)c1c(CN)ncc(O)c1C(F)F. The number of hydrogen-bond acceptors (Lipinski definition) is 5. The van der Waals surface area contributed by atoms with Gasteiger partial charge >= 0.3 is 5.97 Å². The molecule has 0 radical (unpaired) electrons. The lowest BCUT2D eigenvalue weighted by Gasteiger charge is -2.11. The van der Waals surface area contributed by atoms with Gasteiger partial charge in [-0.1, -0.05) is 0 Å². The van der Waals surface area contributed by atoms with E-state index in [1.165, 1.54) is 0 Å². The zero-order chi connectivity index (χ0) is 12.3. The standard InChI is InChI=1S/C9H10F2N2O3/c1-16-9(15)6-4(2-12)13-3-5(14)7(6)8(10)11/h3,8,14H,2,12H2,1H3. The third-order valence-corrected chi connectivity index (χ3v) is 1.98. The quantitative estimate of drug-likeness (QED) is 0.758. The van der Waals surface area contributed by atoms with Gasteiger partial charge in [0.15, 0.2) is 0 Å². The molecule has 0 aliphatic rings. The van der Waals surface area contributed by atoms with Crippen LogP contribution in [-0.4, -0.2) is 23.2 Å². The number of ether oxygens (including phenoxy) is 1. The highest BCUT2D eigenvalue weighted by molar-refractivity contribution is 5.93. The molecule has 0 bridgehead atoms. The maximum absolute atomic E-state index is 12.7. The van der Waals surface area contributed by atoms with Crippen molar-refractivity contribution in [2.75, 3.05) is 7.11 Å². The Labute approximate surface area is 89.9 Å². The van der Waals surface area contributed by atoms with Gasteiger partial charge in [0.2, 0.25) is 0 Å². The van der Waals surface area contributed by atoms with Gasteiger partial charge in [-0.15, -0.1) is 0 Å². The van der Waals surface area contributed by atoms with E-state index in [0.29, 0.717) is 0 Å². The van der Waals surface area contributed by atoms with E-state index in [9.17, 15) is 18.7 Å². The number of nitrogens with zero attached hydrogens (tertiary/aromatic N) is 1. The molecule has 1 aromatic rings. The minimum atomic E-state index is -3.01. The average molecular weight is 232 g/mol. The van der Waals surface area contributed by atoms with Crippen LogP contribution in [0.2, 0.25) is 0 Å². The van der Waals surface area contributed by atoms with E-state index in [0.717, 1.165) is 13.3 Å². The predicted octanol–water partition coefficient (Wildman–Crippen LogP) is 0.970. The summed E-state index contributed by atoms with van der Waals surface area (Å²) in [5.41, 5.74) is 3.95. The smallest absolute Gasteiger partial charge is 0.340 e. The third-order valence-electron chi connectivity index (χ3n) is 1.98. The fourth-order valence-corrected chi connectivity index (χ4v) is 1.26. The molecule has 88 valence electrons. The molecule has 0 amide bonds. The second-order valence-electron chi connectivity index (χ2n) is 2.88. The minimum absolute atomic E-state index is 0.0417. The van der Waals surface area contributed by atoms with Crippen LogP contribution in [0.1, 0.15) is 28.0 Å². The number of methoxy groups -OCH3 is 1. The summed E-state index contributed by atoms with van der Waals surface area (Å²) in [6.45, 7) is -0.204. The number of alkyl halides is 2. The van der Waals surface area contributed by atoms with Crippen LogP contribution in [0, 0.1) is 0 Å². The minimum Gasteiger partial charge on any atom is -0.506 e. The number of aromatic hydroxyl groups is 1. The van der Waals surface area contributed by atoms with Gasteiger partial charge in [-0.25, -0.2) is 13.6 Å². The number of aromatic nitrogens is 1. The number of rotatable bonds is 3. The van der Waals surface area contributed by atoms with E-state index < -0.39 is 29.3 Å². The molecular weight excluding hydrogens is 222 g/mol. The number of nitrogens with two attached hydrogens (primary N) is 1. The van der Waals surface area contributed by atoms with E-state index in [4.69, 9.17) is 5.73 Å². The van der Waals surface area contributed by atoms with Gasteiger partial charge in [-0.2, -0.15) is 0 Å². The first-order valence-corrected chi connectivity index (χ1v) is 4.30. The average Bonchev–Trinajstić information content (AvgIpc) is 2.27. The van der Waals surface area contributed by atoms with Gasteiger partial charge in [0.1, 0.15) is 5.75 Å². The Hall–Kier alpha value is -1.76. The second kappa shape index (κ2) is 4.84. The Kier molecular flexibility index (Phi) is 3.73. The first kappa shape index (κ1) is 12.3. The Morgan fingerprint density at radius 3 is 2.75 bits per heavy atom. The lowest BCUT2D eigenvalue weighted by Crippen LogP contribution is -2.14. The molecule has 0 aliphatic carbocycles. The Morgan fingerprint density at radius 1 is 1.69 bits per heavy atom. The summed E-state index contributed by atoms with van der Waals surface area (Å²) in [5.74, 6) is -1.76. The van der Waals surface area contributed by atoms with Crippen LogP contribution in [0.4, 0.5) is 8.78 Å². The van der Waals surface area contributed by atoms with Gasteiger partial charge in [0, 0.05) is 6.54 Å². The molecule has 0 saturated heterocycles. The molecular formula is C9H10F2N2O3. The molecule has 1 rings (SSSR count). The van der Waals surface area contributed by atoms with Gasteiger partial charge in [0.05, 0.1) is 30.1 Å². The molecule has 1 heterocycles. The van der Waals surface area contributed by atoms with Crippen LogP contribution in [0.15, 0.2) is 6.20 Å². The van der Waals surface area contributed by atoms with Crippen LogP contribution in [-0.2, 0) is 11.3 Å². The number of pyridine rings is 1. The highest BCUT2D eigenvalue weighted by Crippen LogP contribution is 2.32. The van der Waals surface area contributed by atoms with Gasteiger partial charge < -0.3 is 15.6 Å². The van der Waals surface area contributed by atoms with Crippen molar-refractivity contribution in [1.82, 2.24) is 4.98 Å². The molecule has 0 saturated carbocycles. The highest BCUT2D eigenvalue weighted by Gasteiger charge is 2.26. The number of hydrogen-bond donors (Lipinski definition) is 2.